The first-order valence-corrected chi connectivity index (χ1v) is 11.1. The van der Waals surface area contributed by atoms with E-state index in [2.05, 4.69) is 32.2 Å². The molecule has 164 valence electrons. The van der Waals surface area contributed by atoms with E-state index in [9.17, 15) is 9.59 Å². The minimum atomic E-state index is -0.159. The van der Waals surface area contributed by atoms with Crippen molar-refractivity contribution in [1.29, 1.82) is 0 Å². The van der Waals surface area contributed by atoms with Crippen molar-refractivity contribution in [2.24, 2.45) is 0 Å². The van der Waals surface area contributed by atoms with Crippen LogP contribution in [0.3, 0.4) is 0 Å². The van der Waals surface area contributed by atoms with Crippen molar-refractivity contribution in [2.75, 3.05) is 52.4 Å². The third kappa shape index (κ3) is 5.40. The molecule has 0 aliphatic carbocycles. The summed E-state index contributed by atoms with van der Waals surface area (Å²) in [7, 11) is 0. The highest BCUT2D eigenvalue weighted by Gasteiger charge is 2.26. The summed E-state index contributed by atoms with van der Waals surface area (Å²) >= 11 is 0. The molecule has 3 rings (SSSR count). The van der Waals surface area contributed by atoms with Crippen LogP contribution in [0.1, 0.15) is 26.3 Å². The summed E-state index contributed by atoms with van der Waals surface area (Å²) in [5.41, 5.74) is 2.36. The fraction of sp³-hybridized carbons (Fsp3) is 0.565. The van der Waals surface area contributed by atoms with Crippen LogP contribution in [-0.2, 0) is 16.0 Å². The van der Waals surface area contributed by atoms with E-state index in [1.54, 1.807) is 0 Å². The molecule has 1 aromatic heterocycles. The number of rotatable bonds is 9. The molecular formula is C23H35N5O2. The predicted molar refractivity (Wildman–Crippen MR) is 120 cm³/mol. The molecule has 0 bridgehead atoms. The number of hydrogen-bond donors (Lipinski definition) is 2. The van der Waals surface area contributed by atoms with Gasteiger partial charge in [0.05, 0.1) is 12.6 Å². The number of amides is 2. The summed E-state index contributed by atoms with van der Waals surface area (Å²) in [5.74, 6) is 0.263. The summed E-state index contributed by atoms with van der Waals surface area (Å²) in [5, 5.41) is 4.31. The molecule has 30 heavy (non-hydrogen) atoms. The summed E-state index contributed by atoms with van der Waals surface area (Å²) in [6.07, 6.45) is 2.84. The Labute approximate surface area is 179 Å². The molecular weight excluding hydrogens is 378 g/mol. The van der Waals surface area contributed by atoms with Crippen LogP contribution in [0.5, 0.6) is 0 Å². The Kier molecular flexibility index (Phi) is 7.87. The number of aromatic nitrogens is 1. The van der Waals surface area contributed by atoms with Crippen LogP contribution in [-0.4, -0.2) is 89.9 Å². The largest absolute Gasteiger partial charge is 0.361 e. The number of benzene rings is 1. The van der Waals surface area contributed by atoms with Crippen molar-refractivity contribution in [3.8, 4) is 0 Å². The smallest absolute Gasteiger partial charge is 0.237 e. The molecule has 7 heteroatoms. The molecule has 2 N–H and O–H groups in total. The van der Waals surface area contributed by atoms with Gasteiger partial charge in [-0.3, -0.25) is 19.4 Å². The van der Waals surface area contributed by atoms with Crippen molar-refractivity contribution in [2.45, 2.75) is 33.2 Å². The Morgan fingerprint density at radius 3 is 2.53 bits per heavy atom. The van der Waals surface area contributed by atoms with Crippen LogP contribution >= 0.6 is 0 Å². The van der Waals surface area contributed by atoms with Crippen LogP contribution < -0.4 is 5.32 Å². The Balaban J connectivity index is 1.40. The van der Waals surface area contributed by atoms with Gasteiger partial charge >= 0.3 is 0 Å². The molecule has 1 aromatic carbocycles. The van der Waals surface area contributed by atoms with Gasteiger partial charge in [-0.05, 0) is 38.8 Å². The highest BCUT2D eigenvalue weighted by atomic mass is 16.2. The van der Waals surface area contributed by atoms with Gasteiger partial charge in [-0.1, -0.05) is 18.2 Å². The van der Waals surface area contributed by atoms with Gasteiger partial charge in [0, 0.05) is 62.9 Å². The van der Waals surface area contributed by atoms with Gasteiger partial charge in [-0.2, -0.15) is 0 Å². The lowest BCUT2D eigenvalue weighted by molar-refractivity contribution is -0.133. The minimum absolute atomic E-state index is 0.0718. The average Bonchev–Trinajstić information content (AvgIpc) is 3.18. The zero-order valence-corrected chi connectivity index (χ0v) is 18.5. The number of H-pyrrole nitrogens is 1. The first kappa shape index (κ1) is 22.3. The first-order valence-electron chi connectivity index (χ1n) is 11.1. The number of nitrogens with zero attached hydrogens (tertiary/aromatic N) is 3. The van der Waals surface area contributed by atoms with Crippen molar-refractivity contribution in [3.63, 3.8) is 0 Å². The number of hydrogen-bond acceptors (Lipinski definition) is 4. The zero-order chi connectivity index (χ0) is 21.5. The molecule has 1 aliphatic heterocycles. The van der Waals surface area contributed by atoms with E-state index in [4.69, 9.17) is 0 Å². The summed E-state index contributed by atoms with van der Waals surface area (Å²) < 4.78 is 0. The van der Waals surface area contributed by atoms with Gasteiger partial charge in [-0.25, -0.2) is 0 Å². The molecule has 1 saturated heterocycles. The number of likely N-dealkylation sites (N-methyl/N-ethyl adjacent to an activating group) is 1. The molecule has 0 radical (unpaired) electrons. The van der Waals surface area contributed by atoms with Crippen LogP contribution in [0.2, 0.25) is 0 Å². The maximum atomic E-state index is 12.6. The number of carbonyl (C=O) groups is 2. The van der Waals surface area contributed by atoms with Crippen molar-refractivity contribution < 1.29 is 9.59 Å². The topological polar surface area (TPSA) is 71.7 Å². The number of piperazine rings is 1. The lowest BCUT2D eigenvalue weighted by Crippen LogP contribution is -2.55. The van der Waals surface area contributed by atoms with E-state index in [0.717, 1.165) is 51.2 Å². The maximum Gasteiger partial charge on any atom is 0.237 e. The number of carbonyl (C=O) groups excluding carboxylic acids is 2. The predicted octanol–water partition coefficient (Wildman–Crippen LogP) is 1.70. The fourth-order valence-electron chi connectivity index (χ4n) is 4.15. The third-order valence-electron chi connectivity index (χ3n) is 6.18. The van der Waals surface area contributed by atoms with Crippen LogP contribution in [0.4, 0.5) is 0 Å². The van der Waals surface area contributed by atoms with Crippen molar-refractivity contribution in [3.05, 3.63) is 36.0 Å². The zero-order valence-electron chi connectivity index (χ0n) is 18.5. The Morgan fingerprint density at radius 1 is 1.13 bits per heavy atom. The van der Waals surface area contributed by atoms with Gasteiger partial charge in [0.15, 0.2) is 0 Å². The fourth-order valence-corrected chi connectivity index (χ4v) is 4.15. The van der Waals surface area contributed by atoms with E-state index in [-0.39, 0.29) is 17.9 Å². The van der Waals surface area contributed by atoms with E-state index in [0.29, 0.717) is 13.1 Å². The summed E-state index contributed by atoms with van der Waals surface area (Å²) in [4.78, 5) is 34.5. The lowest BCUT2D eigenvalue weighted by Gasteiger charge is -2.37. The molecule has 1 unspecified atom stereocenters. The average molecular weight is 414 g/mol. The number of para-hydroxylation sites is 1. The number of aromatic amines is 1. The summed E-state index contributed by atoms with van der Waals surface area (Å²) in [6.45, 7) is 11.9. The second kappa shape index (κ2) is 10.6. The number of nitrogens with one attached hydrogen (secondary N) is 2. The van der Waals surface area contributed by atoms with Gasteiger partial charge in [0.1, 0.15) is 0 Å². The molecule has 2 heterocycles. The Bertz CT molecular complexity index is 837. The standard InChI is InChI=1S/C23H35N5O2/c1-4-27(5-2)22(29)17-26-12-14-28(15-13-26)18(3)23(30)24-11-10-19-16-25-21-9-7-6-8-20(19)21/h6-9,16,18,25H,4-5,10-15,17H2,1-3H3,(H,24,30). The van der Waals surface area contributed by atoms with Gasteiger partial charge in [0.2, 0.25) is 11.8 Å². The quantitative estimate of drug-likeness (QED) is 0.656. The molecule has 1 aliphatic rings. The monoisotopic (exact) mass is 413 g/mol. The second-order valence-corrected chi connectivity index (χ2v) is 7.95. The van der Waals surface area contributed by atoms with E-state index >= 15 is 0 Å². The summed E-state index contributed by atoms with van der Waals surface area (Å²) in [6, 6.07) is 8.07. The first-order chi connectivity index (χ1) is 14.5. The molecule has 2 aromatic rings. The Hall–Kier alpha value is -2.38. The normalized spacial score (nSPS) is 16.5. The van der Waals surface area contributed by atoms with E-state index in [1.165, 1.54) is 10.9 Å². The van der Waals surface area contributed by atoms with Crippen LogP contribution in [0.25, 0.3) is 10.9 Å². The van der Waals surface area contributed by atoms with Crippen molar-refractivity contribution >= 4 is 22.7 Å². The highest BCUT2D eigenvalue weighted by molar-refractivity contribution is 5.83. The molecule has 0 saturated carbocycles. The van der Waals surface area contributed by atoms with Gasteiger partial charge in [0.25, 0.3) is 0 Å². The maximum absolute atomic E-state index is 12.6. The van der Waals surface area contributed by atoms with Gasteiger partial charge in [-0.15, -0.1) is 0 Å². The van der Waals surface area contributed by atoms with Gasteiger partial charge < -0.3 is 15.2 Å². The minimum Gasteiger partial charge on any atom is -0.361 e. The lowest BCUT2D eigenvalue weighted by atomic mass is 10.1. The third-order valence-corrected chi connectivity index (χ3v) is 6.18. The molecule has 0 spiro atoms. The number of fused-ring (bicyclic) bond motifs is 1. The highest BCUT2D eigenvalue weighted by Crippen LogP contribution is 2.17. The Morgan fingerprint density at radius 2 is 1.83 bits per heavy atom. The molecule has 2 amide bonds. The second-order valence-electron chi connectivity index (χ2n) is 7.95. The molecule has 1 fully saturated rings. The molecule has 1 atom stereocenters. The van der Waals surface area contributed by atoms with Crippen LogP contribution in [0, 0.1) is 0 Å². The molecule has 7 nitrogen and oxygen atoms in total. The van der Waals surface area contributed by atoms with E-state index in [1.807, 2.05) is 44.0 Å². The SMILES string of the molecule is CCN(CC)C(=O)CN1CCN(C(C)C(=O)NCCc2c[nH]c3ccccc23)CC1. The van der Waals surface area contributed by atoms with Crippen LogP contribution in [0.15, 0.2) is 30.5 Å². The van der Waals surface area contributed by atoms with E-state index < -0.39 is 0 Å². The van der Waals surface area contributed by atoms with Crippen molar-refractivity contribution in [1.82, 2.24) is 25.0 Å².